The number of nitrogens with zero attached hydrogens (tertiary/aromatic N) is 2. The van der Waals surface area contributed by atoms with Crippen molar-refractivity contribution in [2.75, 3.05) is 13.1 Å². The first-order valence-electron chi connectivity index (χ1n) is 6.76. The predicted molar refractivity (Wildman–Crippen MR) is 73.0 cm³/mol. The molecule has 0 spiro atoms. The van der Waals surface area contributed by atoms with Crippen molar-refractivity contribution in [2.45, 2.75) is 25.8 Å². The minimum Gasteiger partial charge on any atom is -0.465 e. The molecule has 1 aliphatic heterocycles. The van der Waals surface area contributed by atoms with E-state index >= 15 is 0 Å². The summed E-state index contributed by atoms with van der Waals surface area (Å²) in [5.41, 5.74) is 1.23. The Balaban J connectivity index is 1.98. The lowest BCUT2D eigenvalue weighted by atomic mass is 10.0. The van der Waals surface area contributed by atoms with E-state index in [2.05, 4.69) is 0 Å². The molecule has 2 heterocycles. The topological polar surface area (TPSA) is 75.7 Å². The molecule has 0 saturated carbocycles. The Labute approximate surface area is 119 Å². The van der Waals surface area contributed by atoms with Crippen molar-refractivity contribution < 1.29 is 18.7 Å². The van der Waals surface area contributed by atoms with E-state index in [0.717, 1.165) is 0 Å². The Morgan fingerprint density at radius 2 is 2.05 bits per heavy atom. The minimum absolute atomic E-state index is 0.126. The van der Waals surface area contributed by atoms with Crippen LogP contribution in [0.5, 0.6) is 0 Å². The fourth-order valence-electron chi connectivity index (χ4n) is 2.82. The van der Waals surface area contributed by atoms with Gasteiger partial charge in [-0.3, -0.25) is 4.57 Å². The number of oxazole rings is 1. The molecular weight excluding hydrogens is 279 g/mol. The van der Waals surface area contributed by atoms with Crippen LogP contribution in [0.4, 0.5) is 9.18 Å². The van der Waals surface area contributed by atoms with Gasteiger partial charge >= 0.3 is 11.8 Å². The summed E-state index contributed by atoms with van der Waals surface area (Å²) >= 11 is 0. The van der Waals surface area contributed by atoms with Crippen LogP contribution in [0, 0.1) is 12.7 Å². The zero-order valence-electron chi connectivity index (χ0n) is 11.5. The van der Waals surface area contributed by atoms with Gasteiger partial charge in [-0.25, -0.2) is 14.0 Å². The third-order valence-corrected chi connectivity index (χ3v) is 3.99. The molecule has 1 N–H and O–H groups in total. The van der Waals surface area contributed by atoms with Crippen LogP contribution < -0.4 is 5.76 Å². The molecule has 1 fully saturated rings. The Morgan fingerprint density at radius 1 is 1.38 bits per heavy atom. The van der Waals surface area contributed by atoms with Gasteiger partial charge < -0.3 is 14.4 Å². The maximum absolute atomic E-state index is 13.5. The number of amides is 1. The number of carbonyl (C=O) groups is 1. The average Bonchev–Trinajstić information content (AvgIpc) is 2.75. The van der Waals surface area contributed by atoms with E-state index in [0.29, 0.717) is 37.0 Å². The van der Waals surface area contributed by atoms with E-state index in [1.165, 1.54) is 15.5 Å². The summed E-state index contributed by atoms with van der Waals surface area (Å²) in [6, 6.07) is 2.69. The van der Waals surface area contributed by atoms with Gasteiger partial charge in [-0.1, -0.05) is 0 Å². The number of hydrogen-bond donors (Lipinski definition) is 1. The molecule has 6 nitrogen and oxygen atoms in total. The molecule has 0 bridgehead atoms. The molecule has 0 radical (unpaired) electrons. The first kappa shape index (κ1) is 13.7. The van der Waals surface area contributed by atoms with Crippen molar-refractivity contribution in [3.63, 3.8) is 0 Å². The third kappa shape index (κ3) is 2.28. The monoisotopic (exact) mass is 294 g/mol. The number of aromatic nitrogens is 1. The van der Waals surface area contributed by atoms with Crippen molar-refractivity contribution in [1.82, 2.24) is 9.47 Å². The van der Waals surface area contributed by atoms with Crippen molar-refractivity contribution in [1.29, 1.82) is 0 Å². The van der Waals surface area contributed by atoms with Gasteiger partial charge in [-0.05, 0) is 31.4 Å². The number of benzene rings is 1. The van der Waals surface area contributed by atoms with E-state index < -0.39 is 17.7 Å². The Hall–Kier alpha value is -2.31. The zero-order valence-corrected chi connectivity index (χ0v) is 11.5. The average molecular weight is 294 g/mol. The molecule has 2 aromatic rings. The highest BCUT2D eigenvalue weighted by Gasteiger charge is 2.26. The van der Waals surface area contributed by atoms with Crippen LogP contribution in [0.25, 0.3) is 11.1 Å². The van der Waals surface area contributed by atoms with Gasteiger partial charge in [0.05, 0.1) is 5.52 Å². The minimum atomic E-state index is -0.948. The molecule has 1 aromatic heterocycles. The Kier molecular flexibility index (Phi) is 3.19. The standard InChI is InChI=1S/C14H15FN2O4/c1-8-6-11-12(7-10(8)15)21-14(20)17(11)9-2-4-16(5-3-9)13(18)19/h6-7,9H,2-5H2,1H3,(H,18,19). The lowest BCUT2D eigenvalue weighted by molar-refractivity contribution is 0.125. The van der Waals surface area contributed by atoms with E-state index in [9.17, 15) is 14.0 Å². The number of halogens is 1. The number of hydrogen-bond acceptors (Lipinski definition) is 3. The molecule has 1 aromatic carbocycles. The molecule has 21 heavy (non-hydrogen) atoms. The van der Waals surface area contributed by atoms with Crippen molar-refractivity contribution in [3.05, 3.63) is 34.1 Å². The molecule has 0 aliphatic carbocycles. The van der Waals surface area contributed by atoms with Crippen LogP contribution in [0.1, 0.15) is 24.4 Å². The quantitative estimate of drug-likeness (QED) is 0.876. The largest absolute Gasteiger partial charge is 0.465 e. The van der Waals surface area contributed by atoms with E-state index in [-0.39, 0.29) is 11.6 Å². The first-order chi connectivity index (χ1) is 9.97. The molecule has 3 rings (SSSR count). The van der Waals surface area contributed by atoms with Crippen LogP contribution in [-0.2, 0) is 0 Å². The lowest BCUT2D eigenvalue weighted by Crippen LogP contribution is -2.39. The van der Waals surface area contributed by atoms with Gasteiger partial charge in [0, 0.05) is 25.2 Å². The predicted octanol–water partition coefficient (Wildman–Crippen LogP) is 2.36. The zero-order chi connectivity index (χ0) is 15.1. The summed E-state index contributed by atoms with van der Waals surface area (Å²) in [4.78, 5) is 24.3. The summed E-state index contributed by atoms with van der Waals surface area (Å²) in [5, 5.41) is 8.95. The second kappa shape index (κ2) is 4.91. The third-order valence-electron chi connectivity index (χ3n) is 3.99. The van der Waals surface area contributed by atoms with Gasteiger partial charge in [-0.2, -0.15) is 0 Å². The lowest BCUT2D eigenvalue weighted by Gasteiger charge is -2.30. The Bertz CT molecular complexity index is 756. The smallest absolute Gasteiger partial charge is 0.420 e. The number of aryl methyl sites for hydroxylation is 1. The molecule has 1 saturated heterocycles. The highest BCUT2D eigenvalue weighted by Crippen LogP contribution is 2.27. The summed E-state index contributed by atoms with van der Waals surface area (Å²) < 4.78 is 20.1. The second-order valence-corrected chi connectivity index (χ2v) is 5.31. The molecule has 0 atom stereocenters. The first-order valence-corrected chi connectivity index (χ1v) is 6.76. The summed E-state index contributed by atoms with van der Waals surface area (Å²) in [6.45, 7) is 2.38. The van der Waals surface area contributed by atoms with Crippen LogP contribution in [-0.4, -0.2) is 33.8 Å². The summed E-state index contributed by atoms with van der Waals surface area (Å²) in [7, 11) is 0. The fourth-order valence-corrected chi connectivity index (χ4v) is 2.82. The molecular formula is C14H15FN2O4. The van der Waals surface area contributed by atoms with Gasteiger partial charge in [0.25, 0.3) is 0 Å². The highest BCUT2D eigenvalue weighted by atomic mass is 19.1. The van der Waals surface area contributed by atoms with Gasteiger partial charge in [0.15, 0.2) is 5.58 Å². The van der Waals surface area contributed by atoms with Crippen LogP contribution >= 0.6 is 0 Å². The van der Waals surface area contributed by atoms with Gasteiger partial charge in [0.2, 0.25) is 0 Å². The van der Waals surface area contributed by atoms with E-state index in [1.54, 1.807) is 13.0 Å². The highest BCUT2D eigenvalue weighted by molar-refractivity contribution is 5.74. The van der Waals surface area contributed by atoms with Crippen molar-refractivity contribution >= 4 is 17.2 Å². The van der Waals surface area contributed by atoms with Gasteiger partial charge in [-0.15, -0.1) is 0 Å². The van der Waals surface area contributed by atoms with Crippen molar-refractivity contribution in [2.24, 2.45) is 0 Å². The Morgan fingerprint density at radius 3 is 2.67 bits per heavy atom. The number of piperidine rings is 1. The summed E-state index contributed by atoms with van der Waals surface area (Å²) in [6.07, 6.45) is 0.130. The summed E-state index contributed by atoms with van der Waals surface area (Å²) in [5.74, 6) is -0.937. The van der Waals surface area contributed by atoms with E-state index in [1.807, 2.05) is 0 Å². The maximum Gasteiger partial charge on any atom is 0.420 e. The van der Waals surface area contributed by atoms with Gasteiger partial charge in [0.1, 0.15) is 5.82 Å². The molecule has 1 aliphatic rings. The normalized spacial score (nSPS) is 16.6. The fraction of sp³-hybridized carbons (Fsp3) is 0.429. The number of rotatable bonds is 1. The second-order valence-electron chi connectivity index (χ2n) is 5.31. The number of carboxylic acid groups (broad SMARTS) is 1. The molecule has 1 amide bonds. The molecule has 7 heteroatoms. The van der Waals surface area contributed by atoms with E-state index in [4.69, 9.17) is 9.52 Å². The molecule has 112 valence electrons. The maximum atomic E-state index is 13.5. The van der Waals surface area contributed by atoms with Crippen LogP contribution in [0.2, 0.25) is 0 Å². The SMILES string of the molecule is Cc1cc2c(cc1F)oc(=O)n2C1CCN(C(=O)O)CC1. The van der Waals surface area contributed by atoms with Crippen molar-refractivity contribution in [3.8, 4) is 0 Å². The molecule has 0 unspecified atom stereocenters. The number of fused-ring (bicyclic) bond motifs is 1. The van der Waals surface area contributed by atoms with Crippen LogP contribution in [0.3, 0.4) is 0 Å². The van der Waals surface area contributed by atoms with Crippen LogP contribution in [0.15, 0.2) is 21.3 Å². The number of likely N-dealkylation sites (tertiary alicyclic amines) is 1.